The van der Waals surface area contributed by atoms with E-state index in [1.165, 1.54) is 25.9 Å². The van der Waals surface area contributed by atoms with Crippen LogP contribution in [0.4, 0.5) is 0 Å². The number of hydrogen-bond acceptors (Lipinski definition) is 5. The Hall–Kier alpha value is -0.490. The lowest BCUT2D eigenvalue weighted by atomic mass is 10.0. The average Bonchev–Trinajstić information content (AvgIpc) is 2.54. The van der Waals surface area contributed by atoms with Gasteiger partial charge in [0.25, 0.3) is 0 Å². The van der Waals surface area contributed by atoms with E-state index in [4.69, 9.17) is 4.74 Å². The SMILES string of the molecule is CCC(=O)CN1CCN(C2CCN(CCOC)CC2)CC1. The summed E-state index contributed by atoms with van der Waals surface area (Å²) in [6.07, 6.45) is 3.22. The molecule has 2 rings (SSSR count). The summed E-state index contributed by atoms with van der Waals surface area (Å²) in [6.45, 7) is 11.3. The van der Waals surface area contributed by atoms with Crippen molar-refractivity contribution in [2.45, 2.75) is 32.2 Å². The van der Waals surface area contributed by atoms with Gasteiger partial charge in [-0.1, -0.05) is 6.92 Å². The second kappa shape index (κ2) is 8.83. The van der Waals surface area contributed by atoms with Gasteiger partial charge in [-0.05, 0) is 25.9 Å². The van der Waals surface area contributed by atoms with Gasteiger partial charge in [-0.25, -0.2) is 0 Å². The third kappa shape index (κ3) is 5.33. The first-order valence-corrected chi connectivity index (χ1v) is 8.42. The van der Waals surface area contributed by atoms with Gasteiger partial charge in [0, 0.05) is 52.3 Å². The summed E-state index contributed by atoms with van der Waals surface area (Å²) in [6, 6.07) is 0.743. The van der Waals surface area contributed by atoms with Gasteiger partial charge in [-0.2, -0.15) is 0 Å². The molecular formula is C16H31N3O2. The maximum absolute atomic E-state index is 11.5. The Kier molecular flexibility index (Phi) is 7.10. The fourth-order valence-electron chi connectivity index (χ4n) is 3.38. The fraction of sp³-hybridized carbons (Fsp3) is 0.938. The summed E-state index contributed by atoms with van der Waals surface area (Å²) in [5.41, 5.74) is 0. The van der Waals surface area contributed by atoms with Gasteiger partial charge in [-0.3, -0.25) is 14.6 Å². The molecule has 21 heavy (non-hydrogen) atoms. The van der Waals surface area contributed by atoms with Crippen LogP contribution in [0.3, 0.4) is 0 Å². The van der Waals surface area contributed by atoms with Crippen LogP contribution in [-0.2, 0) is 9.53 Å². The number of rotatable bonds is 7. The summed E-state index contributed by atoms with van der Waals surface area (Å²) in [5.74, 6) is 0.370. The van der Waals surface area contributed by atoms with Crippen molar-refractivity contribution in [1.29, 1.82) is 0 Å². The molecule has 2 aliphatic heterocycles. The number of piperazine rings is 1. The third-order valence-corrected chi connectivity index (χ3v) is 4.89. The molecule has 0 spiro atoms. The van der Waals surface area contributed by atoms with Crippen LogP contribution in [-0.4, -0.2) is 92.6 Å². The molecule has 0 aromatic carbocycles. The van der Waals surface area contributed by atoms with Gasteiger partial charge in [0.2, 0.25) is 0 Å². The van der Waals surface area contributed by atoms with Gasteiger partial charge >= 0.3 is 0 Å². The number of Topliss-reactive ketones (excluding diaryl/α,β-unsaturated/α-hetero) is 1. The first-order valence-electron chi connectivity index (χ1n) is 8.42. The van der Waals surface area contributed by atoms with Gasteiger partial charge in [0.1, 0.15) is 5.78 Å². The van der Waals surface area contributed by atoms with Crippen LogP contribution in [0.1, 0.15) is 26.2 Å². The number of nitrogens with zero attached hydrogens (tertiary/aromatic N) is 3. The number of likely N-dealkylation sites (tertiary alicyclic amines) is 1. The van der Waals surface area contributed by atoms with Crippen molar-refractivity contribution < 1.29 is 9.53 Å². The average molecular weight is 297 g/mol. The molecule has 2 fully saturated rings. The van der Waals surface area contributed by atoms with Crippen molar-refractivity contribution >= 4 is 5.78 Å². The van der Waals surface area contributed by atoms with Crippen LogP contribution < -0.4 is 0 Å². The van der Waals surface area contributed by atoms with E-state index >= 15 is 0 Å². The molecule has 122 valence electrons. The molecule has 0 amide bonds. The van der Waals surface area contributed by atoms with Gasteiger partial charge < -0.3 is 9.64 Å². The molecule has 0 radical (unpaired) electrons. The normalized spacial score (nSPS) is 23.5. The maximum Gasteiger partial charge on any atom is 0.146 e. The van der Waals surface area contributed by atoms with Crippen molar-refractivity contribution in [3.63, 3.8) is 0 Å². The summed E-state index contributed by atoms with van der Waals surface area (Å²) in [5, 5.41) is 0. The second-order valence-corrected chi connectivity index (χ2v) is 6.27. The Labute approximate surface area is 129 Å². The highest BCUT2D eigenvalue weighted by atomic mass is 16.5. The Bertz CT molecular complexity index is 309. The molecule has 0 aromatic heterocycles. The van der Waals surface area contributed by atoms with Crippen LogP contribution in [0.15, 0.2) is 0 Å². The molecular weight excluding hydrogens is 266 g/mol. The number of ketones is 1. The topological polar surface area (TPSA) is 36.0 Å². The summed E-state index contributed by atoms with van der Waals surface area (Å²) in [7, 11) is 1.77. The van der Waals surface area contributed by atoms with Crippen molar-refractivity contribution in [3.05, 3.63) is 0 Å². The lowest BCUT2D eigenvalue weighted by Gasteiger charge is -2.42. The molecule has 0 N–H and O–H groups in total. The molecule has 0 atom stereocenters. The highest BCUT2D eigenvalue weighted by molar-refractivity contribution is 5.80. The largest absolute Gasteiger partial charge is 0.383 e. The molecule has 2 saturated heterocycles. The monoisotopic (exact) mass is 297 g/mol. The molecule has 2 heterocycles. The summed E-state index contributed by atoms with van der Waals surface area (Å²) >= 11 is 0. The smallest absolute Gasteiger partial charge is 0.146 e. The van der Waals surface area contributed by atoms with E-state index in [0.29, 0.717) is 18.7 Å². The van der Waals surface area contributed by atoms with Crippen LogP contribution in [0.5, 0.6) is 0 Å². The van der Waals surface area contributed by atoms with Crippen LogP contribution >= 0.6 is 0 Å². The van der Waals surface area contributed by atoms with Crippen molar-refractivity contribution in [1.82, 2.24) is 14.7 Å². The predicted molar refractivity (Wildman–Crippen MR) is 84.6 cm³/mol. The standard InChI is InChI=1S/C16H31N3O2/c1-3-16(20)14-18-8-10-19(11-9-18)15-4-6-17(7-5-15)12-13-21-2/h15H,3-14H2,1-2H3. The molecule has 2 aliphatic rings. The minimum absolute atomic E-state index is 0.370. The number of carbonyl (C=O) groups is 1. The molecule has 0 saturated carbocycles. The van der Waals surface area contributed by atoms with Gasteiger partial charge in [0.15, 0.2) is 0 Å². The molecule has 5 heteroatoms. The third-order valence-electron chi connectivity index (χ3n) is 4.89. The number of piperidine rings is 1. The predicted octanol–water partition coefficient (Wildman–Crippen LogP) is 0.694. The fourth-order valence-corrected chi connectivity index (χ4v) is 3.38. The van der Waals surface area contributed by atoms with Crippen LogP contribution in [0.25, 0.3) is 0 Å². The Morgan fingerprint density at radius 3 is 2.29 bits per heavy atom. The molecule has 5 nitrogen and oxygen atoms in total. The van der Waals surface area contributed by atoms with E-state index in [1.54, 1.807) is 7.11 Å². The van der Waals surface area contributed by atoms with E-state index in [9.17, 15) is 4.79 Å². The first kappa shape index (κ1) is 16.9. The van der Waals surface area contributed by atoms with Crippen LogP contribution in [0.2, 0.25) is 0 Å². The minimum atomic E-state index is 0.370. The minimum Gasteiger partial charge on any atom is -0.383 e. The van der Waals surface area contributed by atoms with E-state index < -0.39 is 0 Å². The lowest BCUT2D eigenvalue weighted by Crippen LogP contribution is -2.54. The number of hydrogen-bond donors (Lipinski definition) is 0. The zero-order valence-electron chi connectivity index (χ0n) is 13.7. The van der Waals surface area contributed by atoms with E-state index in [1.807, 2.05) is 6.92 Å². The maximum atomic E-state index is 11.5. The molecule has 0 aliphatic carbocycles. The Morgan fingerprint density at radius 2 is 1.71 bits per heavy atom. The molecule has 0 bridgehead atoms. The van der Waals surface area contributed by atoms with Gasteiger partial charge in [-0.15, -0.1) is 0 Å². The zero-order chi connectivity index (χ0) is 15.1. The highest BCUT2D eigenvalue weighted by Gasteiger charge is 2.27. The van der Waals surface area contributed by atoms with Crippen molar-refractivity contribution in [3.8, 4) is 0 Å². The first-order chi connectivity index (χ1) is 10.2. The summed E-state index contributed by atoms with van der Waals surface area (Å²) < 4.78 is 5.16. The molecule has 0 unspecified atom stereocenters. The van der Waals surface area contributed by atoms with E-state index in [-0.39, 0.29) is 0 Å². The lowest BCUT2D eigenvalue weighted by molar-refractivity contribution is -0.120. The summed E-state index contributed by atoms with van der Waals surface area (Å²) in [4.78, 5) is 19.0. The van der Waals surface area contributed by atoms with E-state index in [0.717, 1.165) is 45.4 Å². The van der Waals surface area contributed by atoms with Crippen molar-refractivity contribution in [2.75, 3.05) is 66.1 Å². The Balaban J connectivity index is 1.65. The second-order valence-electron chi connectivity index (χ2n) is 6.27. The quantitative estimate of drug-likeness (QED) is 0.691. The van der Waals surface area contributed by atoms with Crippen molar-refractivity contribution in [2.24, 2.45) is 0 Å². The number of carbonyl (C=O) groups excluding carboxylic acids is 1. The van der Waals surface area contributed by atoms with E-state index in [2.05, 4.69) is 14.7 Å². The Morgan fingerprint density at radius 1 is 1.05 bits per heavy atom. The molecule has 0 aromatic rings. The number of ether oxygens (including phenoxy) is 1. The van der Waals surface area contributed by atoms with Gasteiger partial charge in [0.05, 0.1) is 13.2 Å². The highest BCUT2D eigenvalue weighted by Crippen LogP contribution is 2.18. The number of methoxy groups -OCH3 is 1. The zero-order valence-corrected chi connectivity index (χ0v) is 13.7. The van der Waals surface area contributed by atoms with Crippen LogP contribution in [0, 0.1) is 0 Å².